The van der Waals surface area contributed by atoms with Crippen molar-refractivity contribution in [1.82, 2.24) is 0 Å². The maximum absolute atomic E-state index is 6.32. The van der Waals surface area contributed by atoms with Gasteiger partial charge in [0.1, 0.15) is 12.4 Å². The molecule has 2 heterocycles. The minimum absolute atomic E-state index is 0.0149. The molecule has 0 bridgehead atoms. The molecule has 2 aliphatic heterocycles. The van der Waals surface area contributed by atoms with Gasteiger partial charge in [-0.3, -0.25) is 0 Å². The number of ether oxygens (including phenoxy) is 4. The summed E-state index contributed by atoms with van der Waals surface area (Å²) in [6, 6.07) is 0. The second-order valence-electron chi connectivity index (χ2n) is 11.1. The van der Waals surface area contributed by atoms with Gasteiger partial charge in [-0.25, -0.2) is 0 Å². The Bertz CT molecular complexity index is 622. The van der Waals surface area contributed by atoms with Crippen LogP contribution >= 0.6 is 0 Å². The molecule has 6 fully saturated rings. The van der Waals surface area contributed by atoms with Crippen LogP contribution in [0.2, 0.25) is 0 Å². The van der Waals surface area contributed by atoms with Crippen molar-refractivity contribution < 1.29 is 18.9 Å². The standard InChI is InChI=1S/C24H38O4/c1-3-22-10-11-24(26-12-13-27-24)14-17(22)4-5-18-19-7-9-23(15-25-16-28-23)21(19,2)8-6-20(18)22/h17-20H,3-16H2,1-2H3/t17-,18+,19+,20+,21+,22+,23?/m1/s1. The van der Waals surface area contributed by atoms with E-state index in [1.807, 2.05) is 0 Å². The first-order chi connectivity index (χ1) is 13.6. The van der Waals surface area contributed by atoms with E-state index in [0.29, 0.717) is 17.6 Å². The Morgan fingerprint density at radius 3 is 2.43 bits per heavy atom. The molecular weight excluding hydrogens is 352 g/mol. The van der Waals surface area contributed by atoms with E-state index < -0.39 is 0 Å². The van der Waals surface area contributed by atoms with Crippen LogP contribution < -0.4 is 0 Å². The zero-order chi connectivity index (χ0) is 19.0. The van der Waals surface area contributed by atoms with Gasteiger partial charge in [0.05, 0.1) is 19.8 Å². The van der Waals surface area contributed by atoms with Gasteiger partial charge in [0.25, 0.3) is 0 Å². The maximum Gasteiger partial charge on any atom is 0.168 e. The Hall–Kier alpha value is -0.160. The van der Waals surface area contributed by atoms with Gasteiger partial charge in [0, 0.05) is 18.3 Å². The van der Waals surface area contributed by atoms with Crippen molar-refractivity contribution in [3.63, 3.8) is 0 Å². The predicted molar refractivity (Wildman–Crippen MR) is 106 cm³/mol. The van der Waals surface area contributed by atoms with Gasteiger partial charge < -0.3 is 18.9 Å². The molecule has 4 aliphatic carbocycles. The van der Waals surface area contributed by atoms with E-state index in [1.54, 1.807) is 0 Å². The summed E-state index contributed by atoms with van der Waals surface area (Å²) in [5, 5.41) is 0. The summed E-state index contributed by atoms with van der Waals surface area (Å²) in [5.41, 5.74) is 0.856. The zero-order valence-electron chi connectivity index (χ0n) is 17.8. The molecule has 2 spiro atoms. The highest BCUT2D eigenvalue weighted by atomic mass is 16.7. The second kappa shape index (κ2) is 6.18. The highest BCUT2D eigenvalue weighted by Gasteiger charge is 2.67. The van der Waals surface area contributed by atoms with Crippen molar-refractivity contribution in [3.8, 4) is 0 Å². The van der Waals surface area contributed by atoms with E-state index in [0.717, 1.165) is 56.3 Å². The Morgan fingerprint density at radius 2 is 1.68 bits per heavy atom. The molecule has 0 aromatic carbocycles. The van der Waals surface area contributed by atoms with E-state index in [9.17, 15) is 0 Å². The molecular formula is C24H38O4. The summed E-state index contributed by atoms with van der Waals surface area (Å²) in [6.45, 7) is 7.96. The fraction of sp³-hybridized carbons (Fsp3) is 1.00. The minimum Gasteiger partial charge on any atom is -0.352 e. The fourth-order valence-corrected chi connectivity index (χ4v) is 9.44. The van der Waals surface area contributed by atoms with E-state index in [2.05, 4.69) is 13.8 Å². The van der Waals surface area contributed by atoms with E-state index in [-0.39, 0.29) is 11.4 Å². The molecule has 0 radical (unpaired) electrons. The van der Waals surface area contributed by atoms with Crippen molar-refractivity contribution in [2.24, 2.45) is 34.5 Å². The Morgan fingerprint density at radius 1 is 0.857 bits per heavy atom. The third kappa shape index (κ3) is 2.22. The lowest BCUT2D eigenvalue weighted by atomic mass is 9.43. The van der Waals surface area contributed by atoms with Gasteiger partial charge >= 0.3 is 0 Å². The maximum atomic E-state index is 6.32. The average molecular weight is 391 g/mol. The second-order valence-corrected chi connectivity index (χ2v) is 11.1. The molecule has 4 saturated carbocycles. The highest BCUT2D eigenvalue weighted by molar-refractivity contribution is 5.16. The number of hydrogen-bond donors (Lipinski definition) is 0. The van der Waals surface area contributed by atoms with Crippen molar-refractivity contribution in [3.05, 3.63) is 0 Å². The van der Waals surface area contributed by atoms with Crippen LogP contribution in [0, 0.1) is 34.5 Å². The van der Waals surface area contributed by atoms with Gasteiger partial charge in [0.15, 0.2) is 5.79 Å². The lowest BCUT2D eigenvalue weighted by Gasteiger charge is -2.63. The molecule has 1 unspecified atom stereocenters. The fourth-order valence-electron chi connectivity index (χ4n) is 9.44. The van der Waals surface area contributed by atoms with Crippen molar-refractivity contribution >= 4 is 0 Å². The molecule has 7 atom stereocenters. The quantitative estimate of drug-likeness (QED) is 0.638. The number of fused-ring (bicyclic) bond motifs is 6. The summed E-state index contributed by atoms with van der Waals surface area (Å²) >= 11 is 0. The van der Waals surface area contributed by atoms with Crippen LogP contribution in [-0.4, -0.2) is 38.0 Å². The lowest BCUT2D eigenvalue weighted by Crippen LogP contribution is -2.59. The topological polar surface area (TPSA) is 36.9 Å². The van der Waals surface area contributed by atoms with Crippen LogP contribution in [0.4, 0.5) is 0 Å². The lowest BCUT2D eigenvalue weighted by molar-refractivity contribution is -0.236. The molecule has 0 amide bonds. The SMILES string of the molecule is CC[C@]12CCC3(C[C@H]1CC[C@@H]1[C@@H]2CC[C@@]2(C)[C@H]1CCC21COCO1)OCCO3. The molecule has 0 aromatic rings. The van der Waals surface area contributed by atoms with E-state index in [4.69, 9.17) is 18.9 Å². The smallest absolute Gasteiger partial charge is 0.168 e. The van der Waals surface area contributed by atoms with Crippen LogP contribution in [-0.2, 0) is 18.9 Å². The van der Waals surface area contributed by atoms with E-state index >= 15 is 0 Å². The summed E-state index contributed by atoms with van der Waals surface area (Å²) in [5.74, 6) is 3.17. The molecule has 0 aromatic heterocycles. The number of rotatable bonds is 1. The highest BCUT2D eigenvalue weighted by Crippen LogP contribution is 2.70. The first kappa shape index (κ1) is 18.6. The molecule has 2 saturated heterocycles. The third-order valence-corrected chi connectivity index (χ3v) is 10.9. The Kier molecular flexibility index (Phi) is 4.11. The van der Waals surface area contributed by atoms with Crippen molar-refractivity contribution in [1.29, 1.82) is 0 Å². The summed E-state index contributed by atoms with van der Waals surface area (Å²) in [4.78, 5) is 0. The monoisotopic (exact) mass is 390 g/mol. The molecule has 6 rings (SSSR count). The van der Waals surface area contributed by atoms with Crippen LogP contribution in [0.1, 0.15) is 78.1 Å². The largest absolute Gasteiger partial charge is 0.352 e. The van der Waals surface area contributed by atoms with Crippen LogP contribution in [0.5, 0.6) is 0 Å². The first-order valence-corrected chi connectivity index (χ1v) is 12.1. The van der Waals surface area contributed by atoms with Gasteiger partial charge in [-0.15, -0.1) is 0 Å². The Balaban J connectivity index is 1.30. The predicted octanol–water partition coefficient (Wildman–Crippen LogP) is 4.91. The van der Waals surface area contributed by atoms with Gasteiger partial charge in [-0.2, -0.15) is 0 Å². The van der Waals surface area contributed by atoms with Crippen LogP contribution in [0.15, 0.2) is 0 Å². The normalized spacial score (nSPS) is 54.6. The van der Waals surface area contributed by atoms with Crippen molar-refractivity contribution in [2.45, 2.75) is 89.4 Å². The molecule has 28 heavy (non-hydrogen) atoms. The summed E-state index contributed by atoms with van der Waals surface area (Å²) in [6.07, 6.45) is 13.0. The van der Waals surface area contributed by atoms with Gasteiger partial charge in [0.2, 0.25) is 0 Å². The summed E-state index contributed by atoms with van der Waals surface area (Å²) in [7, 11) is 0. The van der Waals surface area contributed by atoms with Crippen LogP contribution in [0.25, 0.3) is 0 Å². The number of hydrogen-bond acceptors (Lipinski definition) is 4. The first-order valence-electron chi connectivity index (χ1n) is 12.1. The molecule has 4 nitrogen and oxygen atoms in total. The third-order valence-electron chi connectivity index (χ3n) is 10.9. The Labute approximate surface area is 170 Å². The van der Waals surface area contributed by atoms with Crippen LogP contribution in [0.3, 0.4) is 0 Å². The van der Waals surface area contributed by atoms with Crippen molar-refractivity contribution in [2.75, 3.05) is 26.6 Å². The molecule has 6 aliphatic rings. The molecule has 0 N–H and O–H groups in total. The molecule has 4 heteroatoms. The molecule has 158 valence electrons. The van der Waals surface area contributed by atoms with Gasteiger partial charge in [-0.05, 0) is 80.5 Å². The zero-order valence-corrected chi connectivity index (χ0v) is 17.8. The summed E-state index contributed by atoms with van der Waals surface area (Å²) < 4.78 is 24.4. The average Bonchev–Trinajstić information content (AvgIpc) is 3.43. The van der Waals surface area contributed by atoms with E-state index in [1.165, 1.54) is 51.4 Å². The van der Waals surface area contributed by atoms with Gasteiger partial charge in [-0.1, -0.05) is 13.8 Å². The minimum atomic E-state index is -0.230.